The molecule has 0 aliphatic carbocycles. The summed E-state index contributed by atoms with van der Waals surface area (Å²) in [5.74, 6) is -0.292. The van der Waals surface area contributed by atoms with Crippen LogP contribution in [-0.4, -0.2) is 40.2 Å². The van der Waals surface area contributed by atoms with E-state index in [2.05, 4.69) is 20.6 Å². The van der Waals surface area contributed by atoms with Crippen molar-refractivity contribution in [3.05, 3.63) is 30.4 Å². The fourth-order valence-electron chi connectivity index (χ4n) is 1.45. The molecule has 2 amide bonds. The zero-order valence-electron chi connectivity index (χ0n) is 13.3. The van der Waals surface area contributed by atoms with Crippen LogP contribution < -0.4 is 10.6 Å². The van der Waals surface area contributed by atoms with Gasteiger partial charge in [-0.1, -0.05) is 12.2 Å². The SMILES string of the molecule is C[C@@H](NC(=O)OC(C)(C)C)C(=O)NCC=Cc1cncnc1. The molecule has 0 saturated heterocycles. The highest BCUT2D eigenvalue weighted by Gasteiger charge is 2.20. The first-order valence-corrected chi connectivity index (χ1v) is 6.97. The van der Waals surface area contributed by atoms with E-state index in [1.54, 1.807) is 52.2 Å². The summed E-state index contributed by atoms with van der Waals surface area (Å²) in [7, 11) is 0. The normalized spacial score (nSPS) is 12.7. The van der Waals surface area contributed by atoms with Gasteiger partial charge in [0, 0.05) is 24.5 Å². The van der Waals surface area contributed by atoms with Gasteiger partial charge in [0.2, 0.25) is 5.91 Å². The number of carbonyl (C=O) groups is 2. The number of carbonyl (C=O) groups excluding carboxylic acids is 2. The highest BCUT2D eigenvalue weighted by molar-refractivity contribution is 5.85. The second-order valence-corrected chi connectivity index (χ2v) is 5.69. The molecule has 0 aliphatic rings. The number of rotatable bonds is 5. The Bertz CT molecular complexity index is 523. The number of hydrogen-bond donors (Lipinski definition) is 2. The maximum Gasteiger partial charge on any atom is 0.408 e. The molecule has 1 atom stereocenters. The van der Waals surface area contributed by atoms with Gasteiger partial charge in [-0.15, -0.1) is 0 Å². The van der Waals surface area contributed by atoms with Gasteiger partial charge in [0.1, 0.15) is 18.0 Å². The predicted octanol–water partition coefficient (Wildman–Crippen LogP) is 1.52. The van der Waals surface area contributed by atoms with Crippen molar-refractivity contribution in [3.8, 4) is 0 Å². The molecular formula is C15H22N4O3. The van der Waals surface area contributed by atoms with E-state index in [-0.39, 0.29) is 5.91 Å². The number of nitrogens with zero attached hydrogens (tertiary/aromatic N) is 2. The van der Waals surface area contributed by atoms with Crippen molar-refractivity contribution in [3.63, 3.8) is 0 Å². The predicted molar refractivity (Wildman–Crippen MR) is 82.9 cm³/mol. The quantitative estimate of drug-likeness (QED) is 0.860. The van der Waals surface area contributed by atoms with Gasteiger partial charge >= 0.3 is 6.09 Å². The second-order valence-electron chi connectivity index (χ2n) is 5.69. The Morgan fingerprint density at radius 1 is 1.32 bits per heavy atom. The van der Waals surface area contributed by atoms with Crippen molar-refractivity contribution in [1.82, 2.24) is 20.6 Å². The Balaban J connectivity index is 2.32. The average molecular weight is 306 g/mol. The van der Waals surface area contributed by atoms with Crippen LogP contribution >= 0.6 is 0 Å². The first kappa shape index (κ1) is 17.6. The fraction of sp³-hybridized carbons (Fsp3) is 0.467. The molecule has 2 N–H and O–H groups in total. The number of amides is 2. The van der Waals surface area contributed by atoms with E-state index in [0.29, 0.717) is 6.54 Å². The lowest BCUT2D eigenvalue weighted by atomic mass is 10.2. The third-order valence-corrected chi connectivity index (χ3v) is 2.41. The van der Waals surface area contributed by atoms with E-state index in [0.717, 1.165) is 5.56 Å². The van der Waals surface area contributed by atoms with Gasteiger partial charge in [0.05, 0.1) is 0 Å². The van der Waals surface area contributed by atoms with Crippen LogP contribution in [0.1, 0.15) is 33.3 Å². The average Bonchev–Trinajstić information content (AvgIpc) is 2.42. The lowest BCUT2D eigenvalue weighted by Crippen LogP contribution is -2.46. The molecule has 0 spiro atoms. The van der Waals surface area contributed by atoms with E-state index in [9.17, 15) is 9.59 Å². The maximum absolute atomic E-state index is 11.8. The van der Waals surface area contributed by atoms with Crippen LogP contribution in [0.2, 0.25) is 0 Å². The molecule has 0 fully saturated rings. The van der Waals surface area contributed by atoms with Crippen molar-refractivity contribution in [2.24, 2.45) is 0 Å². The van der Waals surface area contributed by atoms with Gasteiger partial charge < -0.3 is 15.4 Å². The van der Waals surface area contributed by atoms with Crippen molar-refractivity contribution in [2.45, 2.75) is 39.3 Å². The summed E-state index contributed by atoms with van der Waals surface area (Å²) in [5.41, 5.74) is 0.248. The third-order valence-electron chi connectivity index (χ3n) is 2.41. The molecule has 1 aromatic heterocycles. The van der Waals surface area contributed by atoms with E-state index in [1.165, 1.54) is 6.33 Å². The van der Waals surface area contributed by atoms with Gasteiger partial charge in [0.15, 0.2) is 0 Å². The lowest BCUT2D eigenvalue weighted by Gasteiger charge is -2.21. The molecule has 0 unspecified atom stereocenters. The van der Waals surface area contributed by atoms with Crippen LogP contribution in [0.5, 0.6) is 0 Å². The van der Waals surface area contributed by atoms with E-state index < -0.39 is 17.7 Å². The van der Waals surface area contributed by atoms with Crippen molar-refractivity contribution >= 4 is 18.1 Å². The second kappa shape index (κ2) is 8.11. The summed E-state index contributed by atoms with van der Waals surface area (Å²) in [6.45, 7) is 7.21. The molecule has 0 saturated carbocycles. The molecule has 22 heavy (non-hydrogen) atoms. The smallest absolute Gasteiger partial charge is 0.408 e. The maximum atomic E-state index is 11.8. The first-order chi connectivity index (χ1) is 10.3. The van der Waals surface area contributed by atoms with Crippen LogP contribution in [-0.2, 0) is 9.53 Å². The Labute approximate surface area is 130 Å². The molecule has 120 valence electrons. The molecule has 0 bridgehead atoms. The van der Waals surface area contributed by atoms with Crippen LogP contribution in [0.4, 0.5) is 4.79 Å². The standard InChI is InChI=1S/C15H22N4O3/c1-11(19-14(21)22-15(2,3)4)13(20)18-7-5-6-12-8-16-10-17-9-12/h5-6,8-11H,7H2,1-4H3,(H,18,20)(H,19,21)/t11-/m1/s1. The Morgan fingerprint density at radius 2 is 1.95 bits per heavy atom. The Morgan fingerprint density at radius 3 is 2.55 bits per heavy atom. The van der Waals surface area contributed by atoms with Gasteiger partial charge in [0.25, 0.3) is 0 Å². The minimum atomic E-state index is -0.677. The topological polar surface area (TPSA) is 93.2 Å². The van der Waals surface area contributed by atoms with Crippen molar-refractivity contribution in [1.29, 1.82) is 0 Å². The van der Waals surface area contributed by atoms with Crippen LogP contribution in [0, 0.1) is 0 Å². The molecular weight excluding hydrogens is 284 g/mol. The van der Waals surface area contributed by atoms with Crippen LogP contribution in [0.25, 0.3) is 6.08 Å². The van der Waals surface area contributed by atoms with Gasteiger partial charge in [-0.25, -0.2) is 14.8 Å². The monoisotopic (exact) mass is 306 g/mol. The Hall–Kier alpha value is -2.44. The largest absolute Gasteiger partial charge is 0.444 e. The molecule has 1 rings (SSSR count). The highest BCUT2D eigenvalue weighted by atomic mass is 16.6. The summed E-state index contributed by atoms with van der Waals surface area (Å²) in [4.78, 5) is 31.1. The van der Waals surface area contributed by atoms with E-state index in [4.69, 9.17) is 4.74 Å². The molecule has 7 heteroatoms. The number of nitrogens with one attached hydrogen (secondary N) is 2. The summed E-state index contributed by atoms with van der Waals surface area (Å²) < 4.78 is 5.08. The van der Waals surface area contributed by atoms with Gasteiger partial charge in [-0.05, 0) is 27.7 Å². The summed E-state index contributed by atoms with van der Waals surface area (Å²) in [6.07, 6.45) is 7.73. The number of ether oxygens (including phenoxy) is 1. The Kier molecular flexibility index (Phi) is 6.49. The number of alkyl carbamates (subject to hydrolysis) is 1. The van der Waals surface area contributed by atoms with Crippen molar-refractivity contribution in [2.75, 3.05) is 6.54 Å². The molecule has 0 aliphatic heterocycles. The fourth-order valence-corrected chi connectivity index (χ4v) is 1.45. The summed E-state index contributed by atoms with van der Waals surface area (Å²) in [5, 5.41) is 5.16. The van der Waals surface area contributed by atoms with Crippen LogP contribution in [0.3, 0.4) is 0 Å². The highest BCUT2D eigenvalue weighted by Crippen LogP contribution is 2.06. The van der Waals surface area contributed by atoms with Crippen molar-refractivity contribution < 1.29 is 14.3 Å². The van der Waals surface area contributed by atoms with E-state index in [1.807, 2.05) is 0 Å². The first-order valence-electron chi connectivity index (χ1n) is 6.97. The minimum absolute atomic E-state index is 0.292. The molecule has 1 heterocycles. The summed E-state index contributed by atoms with van der Waals surface area (Å²) in [6, 6.07) is -0.677. The third kappa shape index (κ3) is 7.37. The number of hydrogen-bond acceptors (Lipinski definition) is 5. The van der Waals surface area contributed by atoms with Gasteiger partial charge in [-0.2, -0.15) is 0 Å². The zero-order chi connectivity index (χ0) is 16.6. The van der Waals surface area contributed by atoms with Crippen LogP contribution in [0.15, 0.2) is 24.8 Å². The zero-order valence-corrected chi connectivity index (χ0v) is 13.3. The molecule has 1 aromatic rings. The van der Waals surface area contributed by atoms with E-state index >= 15 is 0 Å². The molecule has 0 radical (unpaired) electrons. The molecule has 0 aromatic carbocycles. The summed E-state index contributed by atoms with van der Waals surface area (Å²) >= 11 is 0. The number of aromatic nitrogens is 2. The molecule has 7 nitrogen and oxygen atoms in total. The minimum Gasteiger partial charge on any atom is -0.444 e. The van der Waals surface area contributed by atoms with Gasteiger partial charge in [-0.3, -0.25) is 4.79 Å². The lowest BCUT2D eigenvalue weighted by molar-refractivity contribution is -0.122.